The number of hydrogen-bond donors (Lipinski definition) is 1. The van der Waals surface area contributed by atoms with E-state index in [-0.39, 0.29) is 11.3 Å². The number of carbonyl (C=O) groups excluding carboxylic acids is 1. The lowest BCUT2D eigenvalue weighted by molar-refractivity contribution is -0.128. The maximum absolute atomic E-state index is 11.7. The van der Waals surface area contributed by atoms with Crippen LogP contribution in [0.3, 0.4) is 0 Å². The van der Waals surface area contributed by atoms with Gasteiger partial charge in [-0.1, -0.05) is 0 Å². The van der Waals surface area contributed by atoms with Crippen molar-refractivity contribution in [3.63, 3.8) is 0 Å². The van der Waals surface area contributed by atoms with Gasteiger partial charge in [0.05, 0.1) is 24.3 Å². The van der Waals surface area contributed by atoms with Crippen LogP contribution in [-0.4, -0.2) is 47.0 Å². The minimum Gasteiger partial charge on any atom is -0.376 e. The number of amides is 1. The molecular formula is C16H22N4O2. The molecule has 3 aliphatic rings. The Balaban J connectivity index is 1.61. The van der Waals surface area contributed by atoms with Gasteiger partial charge in [-0.15, -0.1) is 0 Å². The smallest absolute Gasteiger partial charge is 0.222 e. The monoisotopic (exact) mass is 302 g/mol. The van der Waals surface area contributed by atoms with Crippen molar-refractivity contribution in [2.45, 2.75) is 38.2 Å². The number of nitrogens with one attached hydrogen (secondary N) is 1. The van der Waals surface area contributed by atoms with Crippen molar-refractivity contribution < 1.29 is 9.53 Å². The number of nitrogens with zero attached hydrogens (tertiary/aromatic N) is 3. The van der Waals surface area contributed by atoms with Gasteiger partial charge in [0.1, 0.15) is 0 Å². The third kappa shape index (κ3) is 2.45. The largest absolute Gasteiger partial charge is 0.376 e. The molecule has 0 unspecified atom stereocenters. The van der Waals surface area contributed by atoms with Crippen molar-refractivity contribution in [3.8, 4) is 0 Å². The minimum atomic E-state index is -0.155. The van der Waals surface area contributed by atoms with Gasteiger partial charge in [0.15, 0.2) is 0 Å². The van der Waals surface area contributed by atoms with Crippen LogP contribution >= 0.6 is 0 Å². The zero-order valence-corrected chi connectivity index (χ0v) is 13.0. The van der Waals surface area contributed by atoms with Crippen LogP contribution in [-0.2, 0) is 21.6 Å². The molecule has 2 aliphatic heterocycles. The minimum absolute atomic E-state index is 0.130. The maximum atomic E-state index is 11.7. The van der Waals surface area contributed by atoms with E-state index in [1.165, 1.54) is 12.8 Å². The lowest BCUT2D eigenvalue weighted by Crippen LogP contribution is -2.41. The summed E-state index contributed by atoms with van der Waals surface area (Å²) in [6, 6.07) is 0. The third-order valence-electron chi connectivity index (χ3n) is 5.05. The normalized spacial score (nSPS) is 27.0. The van der Waals surface area contributed by atoms with Gasteiger partial charge in [0.2, 0.25) is 11.9 Å². The number of carbonyl (C=O) groups is 1. The Bertz CT molecular complexity index is 602. The van der Waals surface area contributed by atoms with E-state index < -0.39 is 0 Å². The van der Waals surface area contributed by atoms with E-state index in [4.69, 9.17) is 9.72 Å². The van der Waals surface area contributed by atoms with E-state index in [0.29, 0.717) is 25.7 Å². The van der Waals surface area contributed by atoms with E-state index in [0.717, 1.165) is 36.7 Å². The molecule has 1 saturated heterocycles. The number of rotatable bonds is 3. The number of anilines is 1. The van der Waals surface area contributed by atoms with Crippen LogP contribution in [0.2, 0.25) is 0 Å². The highest BCUT2D eigenvalue weighted by molar-refractivity contribution is 5.73. The van der Waals surface area contributed by atoms with Crippen molar-refractivity contribution in [2.24, 2.45) is 5.92 Å². The second-order valence-corrected chi connectivity index (χ2v) is 6.86. The summed E-state index contributed by atoms with van der Waals surface area (Å²) in [5, 5.41) is 3.35. The number of fused-ring (bicyclic) bond motifs is 2. The molecule has 6 nitrogen and oxygen atoms in total. The summed E-state index contributed by atoms with van der Waals surface area (Å²) in [6.45, 7) is 5.29. The molecule has 1 aromatic rings. The van der Waals surface area contributed by atoms with Crippen molar-refractivity contribution in [1.82, 2.24) is 14.9 Å². The lowest BCUT2D eigenvalue weighted by atomic mass is 9.80. The molecule has 1 spiro atoms. The summed E-state index contributed by atoms with van der Waals surface area (Å²) < 4.78 is 5.77. The first-order valence-corrected chi connectivity index (χ1v) is 8.10. The topological polar surface area (TPSA) is 67.4 Å². The van der Waals surface area contributed by atoms with Crippen LogP contribution in [0, 0.1) is 5.92 Å². The van der Waals surface area contributed by atoms with Crippen molar-refractivity contribution in [3.05, 3.63) is 17.5 Å². The predicted octanol–water partition coefficient (Wildman–Crippen LogP) is 1.32. The molecule has 1 aliphatic carbocycles. The SMILES string of the molecule is CC(=O)N1CC[C@@]2(COCc3cnc(NCC4CC4)nc32)C1. The predicted molar refractivity (Wildman–Crippen MR) is 81.5 cm³/mol. The summed E-state index contributed by atoms with van der Waals surface area (Å²) >= 11 is 0. The summed E-state index contributed by atoms with van der Waals surface area (Å²) in [6.07, 6.45) is 5.42. The number of ether oxygens (including phenoxy) is 1. The fraction of sp³-hybridized carbons (Fsp3) is 0.688. The Morgan fingerprint density at radius 2 is 2.41 bits per heavy atom. The molecule has 4 rings (SSSR count). The fourth-order valence-corrected chi connectivity index (χ4v) is 3.49. The molecule has 2 fully saturated rings. The van der Waals surface area contributed by atoms with Crippen molar-refractivity contribution in [2.75, 3.05) is 31.6 Å². The molecule has 1 N–H and O–H groups in total. The van der Waals surface area contributed by atoms with E-state index in [1.807, 2.05) is 11.1 Å². The molecule has 0 bridgehead atoms. The molecule has 1 atom stereocenters. The molecule has 22 heavy (non-hydrogen) atoms. The van der Waals surface area contributed by atoms with Gasteiger partial charge in [-0.3, -0.25) is 4.79 Å². The van der Waals surface area contributed by atoms with Crippen LogP contribution in [0.15, 0.2) is 6.20 Å². The molecule has 6 heteroatoms. The standard InChI is InChI=1S/C16H22N4O2/c1-11(21)20-5-4-16(9-20)10-22-8-13-7-18-15(19-14(13)16)17-6-12-2-3-12/h7,12H,2-6,8-10H2,1H3,(H,17,18,19)/t16-/m0/s1. The summed E-state index contributed by atoms with van der Waals surface area (Å²) in [5.74, 6) is 1.63. The summed E-state index contributed by atoms with van der Waals surface area (Å²) in [5.41, 5.74) is 1.99. The van der Waals surface area contributed by atoms with Crippen LogP contribution in [0.1, 0.15) is 37.4 Å². The van der Waals surface area contributed by atoms with Crippen LogP contribution in [0.5, 0.6) is 0 Å². The highest BCUT2D eigenvalue weighted by atomic mass is 16.5. The van der Waals surface area contributed by atoms with Gasteiger partial charge in [-0.05, 0) is 25.2 Å². The Labute approximate surface area is 130 Å². The van der Waals surface area contributed by atoms with E-state index in [9.17, 15) is 4.79 Å². The van der Waals surface area contributed by atoms with Crippen LogP contribution in [0.4, 0.5) is 5.95 Å². The van der Waals surface area contributed by atoms with Crippen LogP contribution in [0.25, 0.3) is 0 Å². The molecule has 0 radical (unpaired) electrons. The van der Waals surface area contributed by atoms with Crippen molar-refractivity contribution in [1.29, 1.82) is 0 Å². The molecular weight excluding hydrogens is 280 g/mol. The van der Waals surface area contributed by atoms with Crippen molar-refractivity contribution >= 4 is 11.9 Å². The van der Waals surface area contributed by atoms with E-state index in [2.05, 4.69) is 10.3 Å². The second-order valence-electron chi connectivity index (χ2n) is 6.86. The Hall–Kier alpha value is -1.69. The average molecular weight is 302 g/mol. The first-order valence-electron chi connectivity index (χ1n) is 8.10. The molecule has 3 heterocycles. The maximum Gasteiger partial charge on any atom is 0.222 e. The zero-order chi connectivity index (χ0) is 15.2. The van der Waals surface area contributed by atoms with Crippen LogP contribution < -0.4 is 5.32 Å². The molecule has 1 amide bonds. The van der Waals surface area contributed by atoms with Gasteiger partial charge in [0, 0.05) is 38.3 Å². The van der Waals surface area contributed by atoms with Gasteiger partial charge in [0.25, 0.3) is 0 Å². The van der Waals surface area contributed by atoms with Gasteiger partial charge < -0.3 is 15.0 Å². The first-order chi connectivity index (χ1) is 10.7. The Kier molecular flexibility index (Phi) is 3.29. The average Bonchev–Trinajstić information content (AvgIpc) is 3.25. The fourth-order valence-electron chi connectivity index (χ4n) is 3.49. The Morgan fingerprint density at radius 3 is 3.14 bits per heavy atom. The first kappa shape index (κ1) is 13.9. The summed E-state index contributed by atoms with van der Waals surface area (Å²) in [7, 11) is 0. The van der Waals surface area contributed by atoms with Gasteiger partial charge in [-0.2, -0.15) is 0 Å². The molecule has 0 aromatic carbocycles. The van der Waals surface area contributed by atoms with E-state index in [1.54, 1.807) is 6.92 Å². The second kappa shape index (κ2) is 5.19. The summed E-state index contributed by atoms with van der Waals surface area (Å²) in [4.78, 5) is 22.8. The number of aromatic nitrogens is 2. The lowest BCUT2D eigenvalue weighted by Gasteiger charge is -2.34. The Morgan fingerprint density at radius 1 is 1.55 bits per heavy atom. The molecule has 1 saturated carbocycles. The molecule has 118 valence electrons. The van der Waals surface area contributed by atoms with Gasteiger partial charge in [-0.25, -0.2) is 9.97 Å². The van der Waals surface area contributed by atoms with E-state index >= 15 is 0 Å². The number of likely N-dealkylation sites (tertiary alicyclic amines) is 1. The number of hydrogen-bond acceptors (Lipinski definition) is 5. The third-order valence-corrected chi connectivity index (χ3v) is 5.05. The molecule has 1 aromatic heterocycles. The quantitative estimate of drug-likeness (QED) is 0.912. The zero-order valence-electron chi connectivity index (χ0n) is 13.0. The van der Waals surface area contributed by atoms with Gasteiger partial charge >= 0.3 is 0 Å². The highest BCUT2D eigenvalue weighted by Crippen LogP contribution is 2.39. The highest BCUT2D eigenvalue weighted by Gasteiger charge is 2.45.